The van der Waals surface area contributed by atoms with Crippen LogP contribution in [0.2, 0.25) is 0 Å². The number of primary amides is 1. The average molecular weight is 592 g/mol. The first-order valence-corrected chi connectivity index (χ1v) is 13.4. The molecule has 3 aliphatic carbocycles. The van der Waals surface area contributed by atoms with Crippen molar-refractivity contribution in [2.24, 2.45) is 16.6 Å². The first-order valence-electron chi connectivity index (χ1n) is 13.4. The third-order valence-electron chi connectivity index (χ3n) is 9.20. The number of hydrogen-bond donors (Lipinski definition) is 6. The Morgan fingerprint density at radius 3 is 2.30 bits per heavy atom. The number of methoxy groups -OCH3 is 1. The topological polar surface area (TPSA) is 214 Å². The molecule has 8 N–H and O–H groups in total. The fourth-order valence-corrected chi connectivity index (χ4v) is 7.64. The number of aromatic hydroxyl groups is 1. The summed E-state index contributed by atoms with van der Waals surface area (Å²) in [5.74, 6) is -6.07. The Morgan fingerprint density at radius 2 is 1.72 bits per heavy atom. The summed E-state index contributed by atoms with van der Waals surface area (Å²) in [6.07, 6.45) is -0.0854. The number of rotatable bonds is 4. The quantitative estimate of drug-likeness (QED) is 0.171. The molecule has 2 aromatic carbocycles. The molecule has 12 nitrogen and oxygen atoms in total. The zero-order chi connectivity index (χ0) is 32.0. The van der Waals surface area contributed by atoms with E-state index in [1.807, 2.05) is 0 Å². The number of amides is 1. The van der Waals surface area contributed by atoms with Gasteiger partial charge < -0.3 is 36.6 Å². The van der Waals surface area contributed by atoms with Crippen LogP contribution in [0.4, 0.5) is 5.69 Å². The number of ether oxygens (including phenoxy) is 1. The van der Waals surface area contributed by atoms with Crippen LogP contribution >= 0.6 is 0 Å². The van der Waals surface area contributed by atoms with Crippen LogP contribution in [0.5, 0.6) is 5.75 Å². The molecule has 0 unspecified atom stereocenters. The van der Waals surface area contributed by atoms with Crippen molar-refractivity contribution in [2.45, 2.75) is 38.3 Å². The Hall–Kier alpha value is -4.68. The number of carbonyl (C=O) groups is 4. The van der Waals surface area contributed by atoms with E-state index in [0.717, 1.165) is 0 Å². The number of nitrogen functional groups attached to an aromatic ring is 1. The van der Waals surface area contributed by atoms with Gasteiger partial charge in [0.1, 0.15) is 22.8 Å². The number of carbonyl (C=O) groups excluding carboxylic acids is 4. The fourth-order valence-electron chi connectivity index (χ4n) is 7.64. The summed E-state index contributed by atoms with van der Waals surface area (Å²) >= 11 is 0. The summed E-state index contributed by atoms with van der Waals surface area (Å²) in [4.78, 5) is 54.0. The number of likely N-dealkylation sites (N-methyl/N-ethyl adjacent to an activating group) is 1. The van der Waals surface area contributed by atoms with Crippen LogP contribution in [-0.4, -0.2) is 81.6 Å². The molecule has 0 radical (unpaired) electrons. The lowest BCUT2D eigenvalue weighted by molar-refractivity contribution is -0.175. The molecule has 226 valence electrons. The van der Waals surface area contributed by atoms with Crippen molar-refractivity contribution in [3.8, 4) is 16.9 Å². The van der Waals surface area contributed by atoms with E-state index < -0.39 is 63.0 Å². The molecule has 4 atom stereocenters. The van der Waals surface area contributed by atoms with Crippen molar-refractivity contribution in [1.82, 2.24) is 4.90 Å². The molecule has 2 aromatic rings. The Kier molecular flexibility index (Phi) is 6.52. The number of ketones is 2. The molecule has 1 amide bonds. The largest absolute Gasteiger partial charge is 0.508 e. The van der Waals surface area contributed by atoms with E-state index >= 15 is 0 Å². The molecule has 1 fully saturated rings. The minimum atomic E-state index is -2.81. The molecule has 0 aromatic heterocycles. The number of nitrogens with two attached hydrogens (primary N) is 2. The summed E-state index contributed by atoms with van der Waals surface area (Å²) < 4.78 is 4.84. The molecule has 12 heteroatoms. The molecular weight excluding hydrogens is 558 g/mol. The lowest BCUT2D eigenvalue weighted by Crippen LogP contribution is -2.72. The number of benzene rings is 2. The number of aliphatic hydroxyl groups is 3. The lowest BCUT2D eigenvalue weighted by atomic mass is 9.46. The van der Waals surface area contributed by atoms with Gasteiger partial charge in [0.2, 0.25) is 5.78 Å². The maximum atomic E-state index is 14.4. The molecule has 0 aliphatic heterocycles. The van der Waals surface area contributed by atoms with Gasteiger partial charge in [-0.25, -0.2) is 4.79 Å². The highest BCUT2D eigenvalue weighted by Crippen LogP contribution is 2.63. The van der Waals surface area contributed by atoms with E-state index in [1.165, 1.54) is 45.2 Å². The van der Waals surface area contributed by atoms with Gasteiger partial charge in [0.05, 0.1) is 24.3 Å². The molecule has 0 saturated heterocycles. The van der Waals surface area contributed by atoms with Crippen molar-refractivity contribution in [2.75, 3.05) is 26.9 Å². The average Bonchev–Trinajstić information content (AvgIpc) is 2.89. The van der Waals surface area contributed by atoms with Crippen LogP contribution in [0.25, 0.3) is 16.9 Å². The summed E-state index contributed by atoms with van der Waals surface area (Å²) in [5.41, 5.74) is 6.34. The number of aliphatic hydroxyl groups excluding tert-OH is 2. The summed E-state index contributed by atoms with van der Waals surface area (Å²) in [5, 5.41) is 45.9. The number of anilines is 1. The van der Waals surface area contributed by atoms with Crippen molar-refractivity contribution in [3.05, 3.63) is 63.9 Å². The fraction of sp³-hybridized carbons (Fsp3) is 0.355. The molecule has 0 heterocycles. The summed E-state index contributed by atoms with van der Waals surface area (Å²) in [6, 6.07) is 6.25. The van der Waals surface area contributed by atoms with Gasteiger partial charge in [-0.05, 0) is 67.9 Å². The van der Waals surface area contributed by atoms with Crippen LogP contribution in [-0.2, 0) is 25.5 Å². The first-order chi connectivity index (χ1) is 19.9. The van der Waals surface area contributed by atoms with Crippen LogP contribution < -0.4 is 11.5 Å². The summed E-state index contributed by atoms with van der Waals surface area (Å²) in [7, 11) is 4.31. The number of phenols is 1. The van der Waals surface area contributed by atoms with Gasteiger partial charge in [-0.3, -0.25) is 19.3 Å². The van der Waals surface area contributed by atoms with E-state index in [2.05, 4.69) is 0 Å². The lowest BCUT2D eigenvalue weighted by Gasteiger charge is -2.59. The predicted octanol–water partition coefficient (Wildman–Crippen LogP) is 1.78. The van der Waals surface area contributed by atoms with Crippen molar-refractivity contribution in [3.63, 3.8) is 0 Å². The minimum Gasteiger partial charge on any atom is -0.508 e. The van der Waals surface area contributed by atoms with E-state index in [0.29, 0.717) is 16.7 Å². The second kappa shape index (κ2) is 9.41. The van der Waals surface area contributed by atoms with Gasteiger partial charge in [0, 0.05) is 22.1 Å². The van der Waals surface area contributed by atoms with Crippen LogP contribution in [0.3, 0.4) is 0 Å². The highest BCUT2D eigenvalue weighted by molar-refractivity contribution is 6.25. The maximum absolute atomic E-state index is 14.4. The summed E-state index contributed by atoms with van der Waals surface area (Å²) in [6.45, 7) is 3.15. The van der Waals surface area contributed by atoms with E-state index in [-0.39, 0.29) is 41.0 Å². The Morgan fingerprint density at radius 1 is 1.07 bits per heavy atom. The molecule has 5 rings (SSSR count). The standard InChI is InChI=1S/C31H33N3O9/c1-29-11-17-16(13-8-14(28(41)43-5)10-15(32)9-13)6-7-18(35)19(17)22(36)21(29)26(39)31(42)25(38)20(27(33)40)23(37)24(34(3)4)30(31,2)12-29/h6-10,24,35-36,38,42H,11-12,32H2,1-5H3,(H2,33,40)/t24-,29+,30+,31-/m1/s1. The van der Waals surface area contributed by atoms with Crippen molar-refractivity contribution in [1.29, 1.82) is 0 Å². The van der Waals surface area contributed by atoms with Crippen LogP contribution in [0.1, 0.15) is 41.8 Å². The third kappa shape index (κ3) is 3.83. The second-order valence-electron chi connectivity index (χ2n) is 12.2. The highest BCUT2D eigenvalue weighted by atomic mass is 16.5. The number of Topliss-reactive ketones (excluding diaryl/α,β-unsaturated/α-hetero) is 2. The SMILES string of the molecule is COC(=O)c1cc(N)cc(-c2ccc(O)c3c2C[C@@]2(C)C[C@@]4(C)[C@H](N(C)C)C(=O)C(C(N)=O)=C(O)[C@@]4(O)C(=O)C2=C3O)c1. The molecule has 43 heavy (non-hydrogen) atoms. The Balaban J connectivity index is 1.81. The van der Waals surface area contributed by atoms with Crippen molar-refractivity contribution >= 4 is 34.9 Å². The van der Waals surface area contributed by atoms with Gasteiger partial charge >= 0.3 is 5.97 Å². The molecule has 0 bridgehead atoms. The monoisotopic (exact) mass is 591 g/mol. The Bertz CT molecular complexity index is 1720. The third-order valence-corrected chi connectivity index (χ3v) is 9.20. The molecule has 0 spiro atoms. The first kappa shape index (κ1) is 29.8. The van der Waals surface area contributed by atoms with Gasteiger partial charge in [-0.2, -0.15) is 0 Å². The predicted molar refractivity (Wildman–Crippen MR) is 155 cm³/mol. The maximum Gasteiger partial charge on any atom is 0.337 e. The Labute approximate surface area is 246 Å². The number of hydrogen-bond acceptors (Lipinski definition) is 11. The van der Waals surface area contributed by atoms with Crippen molar-refractivity contribution < 1.29 is 44.3 Å². The number of phenolic OH excluding ortho intramolecular Hbond substituents is 1. The van der Waals surface area contributed by atoms with E-state index in [9.17, 15) is 39.6 Å². The number of nitrogens with zero attached hydrogens (tertiary/aromatic N) is 1. The minimum absolute atomic E-state index is 0.0344. The molecule has 3 aliphatic rings. The van der Waals surface area contributed by atoms with Crippen LogP contribution in [0.15, 0.2) is 47.2 Å². The molecular formula is C31H33N3O9. The van der Waals surface area contributed by atoms with Crippen LogP contribution in [0, 0.1) is 10.8 Å². The normalized spacial score (nSPS) is 28.4. The molecule has 1 saturated carbocycles. The van der Waals surface area contributed by atoms with Gasteiger partial charge in [-0.1, -0.05) is 19.9 Å². The van der Waals surface area contributed by atoms with Gasteiger partial charge in [0.25, 0.3) is 5.91 Å². The highest BCUT2D eigenvalue weighted by Gasteiger charge is 2.72. The number of esters is 1. The number of fused-ring (bicyclic) bond motifs is 3. The zero-order valence-corrected chi connectivity index (χ0v) is 24.3. The van der Waals surface area contributed by atoms with Gasteiger partial charge in [0.15, 0.2) is 11.4 Å². The van der Waals surface area contributed by atoms with E-state index in [4.69, 9.17) is 16.2 Å². The van der Waals surface area contributed by atoms with Gasteiger partial charge in [-0.15, -0.1) is 0 Å². The van der Waals surface area contributed by atoms with E-state index in [1.54, 1.807) is 25.1 Å². The smallest absolute Gasteiger partial charge is 0.337 e. The second-order valence-corrected chi connectivity index (χ2v) is 12.2. The zero-order valence-electron chi connectivity index (χ0n) is 24.3.